The molecule has 1 saturated heterocycles. The van der Waals surface area contributed by atoms with Crippen molar-refractivity contribution in [3.63, 3.8) is 0 Å². The standard InChI is InChI=1S/C21H40O3Si/c1-7-8-9-10-11-12-15-19(24-25(5,6)21(2,3)4)18-23-20-16-13-14-17-22-20/h8-9,11-12,19-20H,7,10,13-18H2,1-6H3/b9-8-,12-11-. The highest BCUT2D eigenvalue weighted by molar-refractivity contribution is 6.74. The third-order valence-corrected chi connectivity index (χ3v) is 9.65. The minimum Gasteiger partial charge on any atom is -0.411 e. The van der Waals surface area contributed by atoms with Gasteiger partial charge in [-0.15, -0.1) is 0 Å². The van der Waals surface area contributed by atoms with Gasteiger partial charge in [0.1, 0.15) is 0 Å². The molecule has 0 aliphatic carbocycles. The monoisotopic (exact) mass is 368 g/mol. The fraction of sp³-hybridized carbons (Fsp3) is 0.810. The van der Waals surface area contributed by atoms with Crippen LogP contribution in [0.25, 0.3) is 0 Å². The van der Waals surface area contributed by atoms with Gasteiger partial charge in [0.25, 0.3) is 0 Å². The molecule has 2 atom stereocenters. The lowest BCUT2D eigenvalue weighted by Gasteiger charge is -2.39. The first kappa shape index (κ1) is 22.6. The summed E-state index contributed by atoms with van der Waals surface area (Å²) in [4.78, 5) is 0. The number of ether oxygens (including phenoxy) is 2. The van der Waals surface area contributed by atoms with Crippen LogP contribution in [0.5, 0.6) is 0 Å². The zero-order chi connectivity index (χ0) is 18.8. The molecule has 0 bridgehead atoms. The summed E-state index contributed by atoms with van der Waals surface area (Å²) in [6.07, 6.45) is 15.3. The maximum absolute atomic E-state index is 6.61. The van der Waals surface area contributed by atoms with E-state index in [1.165, 1.54) is 6.42 Å². The number of hydrogen-bond donors (Lipinski definition) is 0. The summed E-state index contributed by atoms with van der Waals surface area (Å²) in [6, 6.07) is 0. The SMILES string of the molecule is CC/C=C\C/C=C\CC(COC1CCCCO1)O[Si](C)(C)C(C)(C)C. The van der Waals surface area contributed by atoms with E-state index < -0.39 is 8.32 Å². The molecule has 1 rings (SSSR count). The highest BCUT2D eigenvalue weighted by Crippen LogP contribution is 2.37. The Bertz CT molecular complexity index is 404. The lowest BCUT2D eigenvalue weighted by molar-refractivity contribution is -0.173. The molecular formula is C21H40O3Si. The van der Waals surface area contributed by atoms with Gasteiger partial charge < -0.3 is 13.9 Å². The second-order valence-corrected chi connectivity index (χ2v) is 13.2. The zero-order valence-corrected chi connectivity index (χ0v) is 18.3. The maximum atomic E-state index is 6.61. The average Bonchev–Trinajstić information content (AvgIpc) is 2.55. The second-order valence-electron chi connectivity index (χ2n) is 8.45. The van der Waals surface area contributed by atoms with E-state index in [4.69, 9.17) is 13.9 Å². The molecule has 1 fully saturated rings. The Balaban J connectivity index is 2.57. The molecule has 4 heteroatoms. The van der Waals surface area contributed by atoms with Crippen LogP contribution < -0.4 is 0 Å². The molecule has 0 saturated carbocycles. The van der Waals surface area contributed by atoms with Crippen LogP contribution in [-0.2, 0) is 13.9 Å². The molecule has 0 aromatic heterocycles. The summed E-state index contributed by atoms with van der Waals surface area (Å²) in [5.74, 6) is 0. The van der Waals surface area contributed by atoms with Crippen molar-refractivity contribution in [2.45, 2.75) is 96.7 Å². The zero-order valence-electron chi connectivity index (χ0n) is 17.3. The Labute approximate surface area is 156 Å². The van der Waals surface area contributed by atoms with Gasteiger partial charge in [0, 0.05) is 6.61 Å². The van der Waals surface area contributed by atoms with Crippen LogP contribution in [0.15, 0.2) is 24.3 Å². The van der Waals surface area contributed by atoms with Gasteiger partial charge in [-0.2, -0.15) is 0 Å². The molecule has 1 heterocycles. The molecule has 0 aromatic carbocycles. The Hall–Kier alpha value is -0.423. The smallest absolute Gasteiger partial charge is 0.192 e. The van der Waals surface area contributed by atoms with E-state index in [-0.39, 0.29) is 17.4 Å². The molecular weight excluding hydrogens is 328 g/mol. The van der Waals surface area contributed by atoms with E-state index in [1.54, 1.807) is 0 Å². The van der Waals surface area contributed by atoms with Crippen LogP contribution >= 0.6 is 0 Å². The third kappa shape index (κ3) is 9.18. The van der Waals surface area contributed by atoms with Crippen LogP contribution in [-0.4, -0.2) is 33.9 Å². The molecule has 0 N–H and O–H groups in total. The lowest BCUT2D eigenvalue weighted by Crippen LogP contribution is -2.45. The van der Waals surface area contributed by atoms with E-state index in [1.807, 2.05) is 0 Å². The van der Waals surface area contributed by atoms with Gasteiger partial charge >= 0.3 is 0 Å². The van der Waals surface area contributed by atoms with Crippen molar-refractivity contribution in [3.8, 4) is 0 Å². The molecule has 3 nitrogen and oxygen atoms in total. The first-order valence-electron chi connectivity index (χ1n) is 9.97. The minimum atomic E-state index is -1.80. The minimum absolute atomic E-state index is 0.0456. The summed E-state index contributed by atoms with van der Waals surface area (Å²) >= 11 is 0. The van der Waals surface area contributed by atoms with E-state index in [0.29, 0.717) is 6.61 Å². The van der Waals surface area contributed by atoms with Gasteiger partial charge in [-0.3, -0.25) is 0 Å². The van der Waals surface area contributed by atoms with E-state index in [9.17, 15) is 0 Å². The average molecular weight is 369 g/mol. The summed E-state index contributed by atoms with van der Waals surface area (Å²) in [6.45, 7) is 15.1. The Morgan fingerprint density at radius 3 is 2.44 bits per heavy atom. The van der Waals surface area contributed by atoms with Crippen molar-refractivity contribution in [2.24, 2.45) is 0 Å². The first-order chi connectivity index (χ1) is 11.8. The van der Waals surface area contributed by atoms with Gasteiger partial charge in [-0.05, 0) is 56.7 Å². The quantitative estimate of drug-likeness (QED) is 0.338. The first-order valence-corrected chi connectivity index (χ1v) is 12.9. The van der Waals surface area contributed by atoms with Gasteiger partial charge in [0.05, 0.1) is 12.7 Å². The second kappa shape index (κ2) is 11.3. The molecule has 2 unspecified atom stereocenters. The fourth-order valence-corrected chi connectivity index (χ4v) is 3.84. The van der Waals surface area contributed by atoms with Crippen molar-refractivity contribution in [1.82, 2.24) is 0 Å². The topological polar surface area (TPSA) is 27.7 Å². The molecule has 146 valence electrons. The molecule has 25 heavy (non-hydrogen) atoms. The van der Waals surface area contributed by atoms with Crippen LogP contribution in [0.2, 0.25) is 18.1 Å². The number of rotatable bonds is 10. The highest BCUT2D eigenvalue weighted by Gasteiger charge is 2.39. The summed E-state index contributed by atoms with van der Waals surface area (Å²) < 4.78 is 18.3. The molecule has 1 aliphatic rings. The van der Waals surface area contributed by atoms with Crippen molar-refractivity contribution < 1.29 is 13.9 Å². The molecule has 0 aromatic rings. The van der Waals surface area contributed by atoms with E-state index in [2.05, 4.69) is 65.1 Å². The van der Waals surface area contributed by atoms with E-state index in [0.717, 1.165) is 38.7 Å². The largest absolute Gasteiger partial charge is 0.411 e. The normalized spacial score (nSPS) is 21.3. The van der Waals surface area contributed by atoms with Gasteiger partial charge in [0.15, 0.2) is 14.6 Å². The van der Waals surface area contributed by atoms with E-state index >= 15 is 0 Å². The van der Waals surface area contributed by atoms with Crippen molar-refractivity contribution in [2.75, 3.05) is 13.2 Å². The summed E-state index contributed by atoms with van der Waals surface area (Å²) in [5.41, 5.74) is 0. The van der Waals surface area contributed by atoms with Gasteiger partial charge in [0.2, 0.25) is 0 Å². The fourth-order valence-electron chi connectivity index (χ4n) is 2.49. The molecule has 1 aliphatic heterocycles. The Morgan fingerprint density at radius 2 is 1.84 bits per heavy atom. The lowest BCUT2D eigenvalue weighted by atomic mass is 10.2. The van der Waals surface area contributed by atoms with Crippen LogP contribution in [0, 0.1) is 0 Å². The molecule has 0 spiro atoms. The van der Waals surface area contributed by atoms with Crippen LogP contribution in [0.1, 0.15) is 66.2 Å². The summed E-state index contributed by atoms with van der Waals surface area (Å²) in [5, 5.41) is 0.208. The predicted molar refractivity (Wildman–Crippen MR) is 109 cm³/mol. The maximum Gasteiger partial charge on any atom is 0.192 e. The number of allylic oxidation sites excluding steroid dienone is 3. The molecule has 0 radical (unpaired) electrons. The Morgan fingerprint density at radius 1 is 1.12 bits per heavy atom. The highest BCUT2D eigenvalue weighted by atomic mass is 28.4. The molecule has 0 amide bonds. The van der Waals surface area contributed by atoms with Crippen LogP contribution in [0.4, 0.5) is 0 Å². The summed E-state index contributed by atoms with van der Waals surface area (Å²) in [7, 11) is -1.80. The van der Waals surface area contributed by atoms with Crippen molar-refractivity contribution in [1.29, 1.82) is 0 Å². The van der Waals surface area contributed by atoms with Crippen molar-refractivity contribution >= 4 is 8.32 Å². The predicted octanol–water partition coefficient (Wildman–Crippen LogP) is 6.22. The number of hydrogen-bond acceptors (Lipinski definition) is 3. The third-order valence-electron chi connectivity index (χ3n) is 5.11. The Kier molecular flexibility index (Phi) is 10.2. The van der Waals surface area contributed by atoms with Crippen molar-refractivity contribution in [3.05, 3.63) is 24.3 Å². The van der Waals surface area contributed by atoms with Crippen LogP contribution in [0.3, 0.4) is 0 Å². The van der Waals surface area contributed by atoms with Gasteiger partial charge in [-0.1, -0.05) is 52.0 Å². The van der Waals surface area contributed by atoms with Gasteiger partial charge in [-0.25, -0.2) is 0 Å².